The molecule has 0 aliphatic heterocycles. The van der Waals surface area contributed by atoms with Gasteiger partial charge in [0, 0.05) is 0 Å². The topological polar surface area (TPSA) is 34.7 Å². The zero-order valence-electron chi connectivity index (χ0n) is 5.70. The molecule has 0 atom stereocenters. The normalized spacial score (nSPS) is 11.6. The Morgan fingerprint density at radius 1 is 1.80 bits per heavy atom. The maximum Gasteiger partial charge on any atom is 0.153 e. The number of rotatable bonds is 2. The molecule has 0 saturated heterocycles. The third-order valence-corrected chi connectivity index (χ3v) is 1.08. The van der Waals surface area contributed by atoms with Gasteiger partial charge in [0.1, 0.15) is 5.71 Å². The van der Waals surface area contributed by atoms with Crippen LogP contribution in [0.3, 0.4) is 0 Å². The van der Waals surface area contributed by atoms with E-state index in [0.29, 0.717) is 11.5 Å². The van der Waals surface area contributed by atoms with E-state index in [0.717, 1.165) is 0 Å². The summed E-state index contributed by atoms with van der Waals surface area (Å²) in [6.45, 7) is 1.78. The summed E-state index contributed by atoms with van der Waals surface area (Å²) in [5.41, 5.74) is 0.681. The SMILES string of the molecule is [CH2]O/N=C(\C)c1ccco1. The van der Waals surface area contributed by atoms with Crippen LogP contribution in [-0.4, -0.2) is 5.71 Å². The molecule has 0 fully saturated rings. The van der Waals surface area contributed by atoms with Gasteiger partial charge in [-0.15, -0.1) is 0 Å². The molecule has 1 heterocycles. The maximum atomic E-state index is 5.01. The fourth-order valence-corrected chi connectivity index (χ4v) is 0.626. The van der Waals surface area contributed by atoms with Gasteiger partial charge in [0.15, 0.2) is 12.9 Å². The fraction of sp³-hybridized carbons (Fsp3) is 0.143. The molecule has 0 aromatic carbocycles. The Hall–Kier alpha value is -1.25. The third-order valence-electron chi connectivity index (χ3n) is 1.08. The smallest absolute Gasteiger partial charge is 0.153 e. The minimum atomic E-state index is 0.681. The molecule has 10 heavy (non-hydrogen) atoms. The quantitative estimate of drug-likeness (QED) is 0.461. The van der Waals surface area contributed by atoms with Crippen LogP contribution in [0, 0.1) is 7.11 Å². The fourth-order valence-electron chi connectivity index (χ4n) is 0.626. The van der Waals surface area contributed by atoms with Gasteiger partial charge in [-0.3, -0.25) is 0 Å². The number of hydrogen-bond acceptors (Lipinski definition) is 3. The Morgan fingerprint density at radius 2 is 2.60 bits per heavy atom. The van der Waals surface area contributed by atoms with Crippen molar-refractivity contribution in [2.45, 2.75) is 6.92 Å². The molecule has 3 nitrogen and oxygen atoms in total. The van der Waals surface area contributed by atoms with Crippen molar-refractivity contribution in [3.05, 3.63) is 31.3 Å². The molecule has 0 bridgehead atoms. The van der Waals surface area contributed by atoms with Crippen molar-refractivity contribution in [1.29, 1.82) is 0 Å². The molecule has 1 aromatic heterocycles. The summed E-state index contributed by atoms with van der Waals surface area (Å²) in [6, 6.07) is 3.59. The van der Waals surface area contributed by atoms with Gasteiger partial charge in [-0.2, -0.15) is 0 Å². The molecular formula is C7H8NO2. The zero-order chi connectivity index (χ0) is 7.40. The summed E-state index contributed by atoms with van der Waals surface area (Å²) in [5.74, 6) is 0.698. The van der Waals surface area contributed by atoms with Gasteiger partial charge in [-0.1, -0.05) is 5.16 Å². The van der Waals surface area contributed by atoms with Crippen LogP contribution in [0.1, 0.15) is 12.7 Å². The first kappa shape index (κ1) is 6.86. The van der Waals surface area contributed by atoms with Crippen molar-refractivity contribution >= 4 is 5.71 Å². The highest BCUT2D eigenvalue weighted by atomic mass is 16.6. The lowest BCUT2D eigenvalue weighted by molar-refractivity contribution is 0.259. The van der Waals surface area contributed by atoms with Crippen LogP contribution in [0.2, 0.25) is 0 Å². The third kappa shape index (κ3) is 1.37. The van der Waals surface area contributed by atoms with Crippen molar-refractivity contribution in [2.75, 3.05) is 0 Å². The molecule has 1 radical (unpaired) electrons. The zero-order valence-corrected chi connectivity index (χ0v) is 5.70. The predicted octanol–water partition coefficient (Wildman–Crippen LogP) is 1.81. The van der Waals surface area contributed by atoms with Crippen molar-refractivity contribution in [1.82, 2.24) is 0 Å². The Morgan fingerprint density at radius 3 is 3.10 bits per heavy atom. The van der Waals surface area contributed by atoms with Crippen LogP contribution >= 0.6 is 0 Å². The molecule has 0 aliphatic carbocycles. The summed E-state index contributed by atoms with van der Waals surface area (Å²) in [5, 5.41) is 3.58. The van der Waals surface area contributed by atoms with Crippen molar-refractivity contribution in [3.63, 3.8) is 0 Å². The molecule has 0 unspecified atom stereocenters. The van der Waals surface area contributed by atoms with E-state index in [-0.39, 0.29) is 0 Å². The van der Waals surface area contributed by atoms with E-state index in [9.17, 15) is 0 Å². The van der Waals surface area contributed by atoms with Crippen LogP contribution in [-0.2, 0) is 4.84 Å². The number of nitrogens with zero attached hydrogens (tertiary/aromatic N) is 1. The molecule has 0 aliphatic rings. The molecule has 3 heteroatoms. The number of hydrogen-bond donors (Lipinski definition) is 0. The van der Waals surface area contributed by atoms with Gasteiger partial charge in [-0.05, 0) is 19.1 Å². The first-order chi connectivity index (χ1) is 4.84. The average Bonchev–Trinajstić information content (AvgIpc) is 2.38. The van der Waals surface area contributed by atoms with Crippen molar-refractivity contribution in [3.8, 4) is 0 Å². The van der Waals surface area contributed by atoms with Gasteiger partial charge in [0.2, 0.25) is 0 Å². The minimum absolute atomic E-state index is 0.681. The molecular weight excluding hydrogens is 130 g/mol. The van der Waals surface area contributed by atoms with Gasteiger partial charge in [-0.25, -0.2) is 0 Å². The van der Waals surface area contributed by atoms with E-state index in [1.54, 1.807) is 25.3 Å². The van der Waals surface area contributed by atoms with Crippen molar-refractivity contribution in [2.24, 2.45) is 5.16 Å². The number of oxime groups is 1. The van der Waals surface area contributed by atoms with E-state index >= 15 is 0 Å². The number of furan rings is 1. The van der Waals surface area contributed by atoms with E-state index in [1.165, 1.54) is 0 Å². The van der Waals surface area contributed by atoms with Crippen LogP contribution in [0.5, 0.6) is 0 Å². The summed E-state index contributed by atoms with van der Waals surface area (Å²) < 4.78 is 5.01. The lowest BCUT2D eigenvalue weighted by Gasteiger charge is -1.91. The van der Waals surface area contributed by atoms with E-state index in [4.69, 9.17) is 4.42 Å². The first-order valence-electron chi connectivity index (χ1n) is 2.84. The second-order valence-electron chi connectivity index (χ2n) is 1.78. The summed E-state index contributed by atoms with van der Waals surface area (Å²) >= 11 is 0. The molecule has 53 valence electrons. The maximum absolute atomic E-state index is 5.01. The highest BCUT2D eigenvalue weighted by Gasteiger charge is 1.98. The highest BCUT2D eigenvalue weighted by Crippen LogP contribution is 2.01. The Bertz CT molecular complexity index is 214. The van der Waals surface area contributed by atoms with Crippen LogP contribution < -0.4 is 0 Å². The first-order valence-corrected chi connectivity index (χ1v) is 2.84. The molecule has 1 aromatic rings. The van der Waals surface area contributed by atoms with Crippen LogP contribution in [0.25, 0.3) is 0 Å². The highest BCUT2D eigenvalue weighted by molar-refractivity contribution is 5.95. The van der Waals surface area contributed by atoms with Crippen molar-refractivity contribution < 1.29 is 9.25 Å². The van der Waals surface area contributed by atoms with E-state index in [1.807, 2.05) is 0 Å². The Balaban J connectivity index is 2.77. The van der Waals surface area contributed by atoms with E-state index < -0.39 is 0 Å². The second-order valence-corrected chi connectivity index (χ2v) is 1.78. The van der Waals surface area contributed by atoms with Gasteiger partial charge in [0.25, 0.3) is 0 Å². The molecule has 1 rings (SSSR count). The monoisotopic (exact) mass is 138 g/mol. The van der Waals surface area contributed by atoms with E-state index in [2.05, 4.69) is 17.1 Å². The van der Waals surface area contributed by atoms with Crippen LogP contribution in [0.15, 0.2) is 28.0 Å². The second kappa shape index (κ2) is 3.06. The molecule has 0 spiro atoms. The van der Waals surface area contributed by atoms with Gasteiger partial charge in [0.05, 0.1) is 6.26 Å². The Kier molecular flexibility index (Phi) is 2.10. The summed E-state index contributed by atoms with van der Waals surface area (Å²) in [4.78, 5) is 4.31. The molecule has 0 N–H and O–H groups in total. The van der Waals surface area contributed by atoms with Gasteiger partial charge >= 0.3 is 0 Å². The van der Waals surface area contributed by atoms with Crippen LogP contribution in [0.4, 0.5) is 0 Å². The molecule has 0 amide bonds. The Labute approximate surface area is 59.3 Å². The van der Waals surface area contributed by atoms with Gasteiger partial charge < -0.3 is 9.25 Å². The standard InChI is InChI=1S/C7H8NO2/c1-6(8-9-2)7-4-3-5-10-7/h3-5H,2H2,1H3/b8-6+. The minimum Gasteiger partial charge on any atom is -0.463 e. The lowest BCUT2D eigenvalue weighted by Crippen LogP contribution is -1.90. The predicted molar refractivity (Wildman–Crippen MR) is 37.4 cm³/mol. The lowest BCUT2D eigenvalue weighted by atomic mass is 10.3. The average molecular weight is 138 g/mol. The summed E-state index contributed by atoms with van der Waals surface area (Å²) in [6.07, 6.45) is 1.58. The summed E-state index contributed by atoms with van der Waals surface area (Å²) in [7, 11) is 3.11. The largest absolute Gasteiger partial charge is 0.463 e. The molecule has 0 saturated carbocycles.